The lowest BCUT2D eigenvalue weighted by atomic mass is 9.40. The lowest BCUT2D eigenvalue weighted by Gasteiger charge is -2.27. The molecule has 0 radical (unpaired) electrons. The van der Waals surface area contributed by atoms with E-state index in [9.17, 15) is 4.79 Å². The van der Waals surface area contributed by atoms with E-state index in [1.165, 1.54) is 0 Å². The molecule has 0 aromatic carbocycles. The maximum Gasteiger partial charge on any atom is 0.278 e. The first kappa shape index (κ1) is 13.5. The molecule has 0 amide bonds. The van der Waals surface area contributed by atoms with Gasteiger partial charge in [-0.05, 0) is 20.8 Å². The quantitative estimate of drug-likeness (QED) is 0.596. The van der Waals surface area contributed by atoms with Crippen LogP contribution in [-0.2, 0) is 4.74 Å². The van der Waals surface area contributed by atoms with Gasteiger partial charge in [0.1, 0.15) is 5.60 Å². The lowest BCUT2D eigenvalue weighted by molar-refractivity contribution is 0.0707. The van der Waals surface area contributed by atoms with Gasteiger partial charge in [-0.3, -0.25) is 4.79 Å². The van der Waals surface area contributed by atoms with E-state index in [1.54, 1.807) is 0 Å². The van der Waals surface area contributed by atoms with Crippen LogP contribution in [0.1, 0.15) is 33.6 Å². The number of ether oxygens (including phenoxy) is 1. The molecule has 1 fully saturated rings. The van der Waals surface area contributed by atoms with Gasteiger partial charge in [-0.15, -0.1) is 0 Å². The van der Waals surface area contributed by atoms with Gasteiger partial charge in [-0.25, -0.2) is 0 Å². The molecule has 0 saturated carbocycles. The minimum Gasteiger partial charge on any atom is -0.468 e. The molecule has 1 aliphatic rings. The van der Waals surface area contributed by atoms with Crippen LogP contribution in [0.15, 0.2) is 0 Å². The van der Waals surface area contributed by atoms with Crippen LogP contribution in [-0.4, -0.2) is 23.2 Å². The normalized spacial score (nSPS) is 18.3. The van der Waals surface area contributed by atoms with Crippen LogP contribution in [0, 0.1) is 5.92 Å². The van der Waals surface area contributed by atoms with Gasteiger partial charge < -0.3 is 10.5 Å². The SMILES string of the molecule is CC(C)(C)OC(=O)B1CCC(C(N)=S)CC1. The molecule has 1 heterocycles. The summed E-state index contributed by atoms with van der Waals surface area (Å²) in [4.78, 5) is 12.4. The number of nitrogens with two attached hydrogens (primary N) is 1. The summed E-state index contributed by atoms with van der Waals surface area (Å²) >= 11 is 4.97. The summed E-state index contributed by atoms with van der Waals surface area (Å²) in [6.07, 6.45) is 3.52. The predicted molar refractivity (Wildman–Crippen MR) is 71.1 cm³/mol. The molecular weight excluding hydrogens is 221 g/mol. The monoisotopic (exact) mass is 241 g/mol. The Labute approximate surface area is 103 Å². The highest BCUT2D eigenvalue weighted by Gasteiger charge is 2.33. The number of hydrogen-bond acceptors (Lipinski definition) is 3. The van der Waals surface area contributed by atoms with Crippen LogP contribution in [0.5, 0.6) is 0 Å². The number of hydrogen-bond donors (Lipinski definition) is 1. The molecule has 1 aliphatic heterocycles. The van der Waals surface area contributed by atoms with Crippen molar-refractivity contribution >= 4 is 29.8 Å². The van der Waals surface area contributed by atoms with Gasteiger partial charge >= 0.3 is 0 Å². The second kappa shape index (κ2) is 5.17. The Hall–Kier alpha value is -0.575. The van der Waals surface area contributed by atoms with Crippen LogP contribution >= 0.6 is 12.2 Å². The second-order valence-electron chi connectivity index (χ2n) is 5.48. The fraction of sp³-hybridized carbons (Fsp3) is 0.818. The molecule has 0 aromatic heterocycles. The molecule has 1 rings (SSSR count). The zero-order valence-electron chi connectivity index (χ0n) is 10.3. The molecule has 0 aliphatic carbocycles. The molecule has 3 nitrogen and oxygen atoms in total. The fourth-order valence-electron chi connectivity index (χ4n) is 2.00. The van der Waals surface area contributed by atoms with Crippen molar-refractivity contribution in [2.24, 2.45) is 11.7 Å². The third kappa shape index (κ3) is 4.12. The lowest BCUT2D eigenvalue weighted by Crippen LogP contribution is -2.38. The van der Waals surface area contributed by atoms with Gasteiger partial charge in [0, 0.05) is 5.92 Å². The minimum absolute atomic E-state index is 0.0322. The minimum atomic E-state index is -0.392. The summed E-state index contributed by atoms with van der Waals surface area (Å²) in [6.45, 7) is 5.72. The zero-order valence-corrected chi connectivity index (χ0v) is 11.1. The van der Waals surface area contributed by atoms with Crippen LogP contribution < -0.4 is 5.73 Å². The van der Waals surface area contributed by atoms with Gasteiger partial charge in [-0.2, -0.15) is 0 Å². The Morgan fingerprint density at radius 2 is 1.88 bits per heavy atom. The first-order valence-electron chi connectivity index (χ1n) is 5.82. The van der Waals surface area contributed by atoms with Crippen LogP contribution in [0.2, 0.25) is 12.6 Å². The molecule has 16 heavy (non-hydrogen) atoms. The number of carbonyl (C=O) groups excluding carboxylic acids is 1. The van der Waals surface area contributed by atoms with E-state index in [-0.39, 0.29) is 12.6 Å². The smallest absolute Gasteiger partial charge is 0.278 e. The maximum atomic E-state index is 11.8. The van der Waals surface area contributed by atoms with E-state index in [0.29, 0.717) is 10.9 Å². The molecule has 5 heteroatoms. The summed E-state index contributed by atoms with van der Waals surface area (Å²) in [7, 11) is 0. The largest absolute Gasteiger partial charge is 0.468 e. The third-order valence-electron chi connectivity index (χ3n) is 2.87. The van der Waals surface area contributed by atoms with Crippen molar-refractivity contribution in [1.82, 2.24) is 0 Å². The van der Waals surface area contributed by atoms with E-state index in [1.807, 2.05) is 20.8 Å². The fourth-order valence-corrected chi connectivity index (χ4v) is 2.23. The molecule has 0 bridgehead atoms. The molecule has 0 unspecified atom stereocenters. The third-order valence-corrected chi connectivity index (χ3v) is 3.20. The highest BCUT2D eigenvalue weighted by atomic mass is 32.1. The first-order valence-corrected chi connectivity index (χ1v) is 6.22. The van der Waals surface area contributed by atoms with Gasteiger partial charge in [0.2, 0.25) is 0 Å². The number of rotatable bonds is 2. The molecule has 90 valence electrons. The zero-order chi connectivity index (χ0) is 12.3. The molecule has 2 N–H and O–H groups in total. The predicted octanol–water partition coefficient (Wildman–Crippen LogP) is 2.69. The topological polar surface area (TPSA) is 52.3 Å². The second-order valence-corrected chi connectivity index (χ2v) is 5.96. The summed E-state index contributed by atoms with van der Waals surface area (Å²) in [5, 5.41) is 0. The van der Waals surface area contributed by atoms with E-state index in [2.05, 4.69) is 0 Å². The van der Waals surface area contributed by atoms with E-state index < -0.39 is 5.60 Å². The molecule has 0 spiro atoms. The van der Waals surface area contributed by atoms with E-state index in [0.717, 1.165) is 25.5 Å². The van der Waals surface area contributed by atoms with E-state index in [4.69, 9.17) is 22.7 Å². The molecule has 1 saturated heterocycles. The number of carbonyl (C=O) groups is 1. The maximum absolute atomic E-state index is 11.8. The van der Waals surface area contributed by atoms with Crippen LogP contribution in [0.4, 0.5) is 4.79 Å². The van der Waals surface area contributed by atoms with Crippen molar-refractivity contribution in [3.63, 3.8) is 0 Å². The average molecular weight is 241 g/mol. The summed E-state index contributed by atoms with van der Waals surface area (Å²) in [5.41, 5.74) is 5.21. The van der Waals surface area contributed by atoms with Crippen molar-refractivity contribution < 1.29 is 9.53 Å². The van der Waals surface area contributed by atoms with Crippen LogP contribution in [0.25, 0.3) is 0 Å². The van der Waals surface area contributed by atoms with Crippen LogP contribution in [0.3, 0.4) is 0 Å². The Bertz CT molecular complexity index is 280. The van der Waals surface area contributed by atoms with Gasteiger partial charge in [0.25, 0.3) is 12.6 Å². The highest BCUT2D eigenvalue weighted by Crippen LogP contribution is 2.27. The highest BCUT2D eigenvalue weighted by molar-refractivity contribution is 7.80. The Kier molecular flexibility index (Phi) is 4.36. The Morgan fingerprint density at radius 3 is 2.25 bits per heavy atom. The van der Waals surface area contributed by atoms with Crippen molar-refractivity contribution in [3.8, 4) is 0 Å². The van der Waals surface area contributed by atoms with Gasteiger partial charge in [0.15, 0.2) is 0 Å². The van der Waals surface area contributed by atoms with Crippen molar-refractivity contribution in [3.05, 3.63) is 0 Å². The van der Waals surface area contributed by atoms with Crippen molar-refractivity contribution in [2.45, 2.75) is 51.9 Å². The molecular formula is C11H20BNO2S. The van der Waals surface area contributed by atoms with Gasteiger partial charge in [-0.1, -0.05) is 37.7 Å². The van der Waals surface area contributed by atoms with Crippen molar-refractivity contribution in [1.29, 1.82) is 0 Å². The summed E-state index contributed by atoms with van der Waals surface area (Å²) in [6, 6.07) is 0. The van der Waals surface area contributed by atoms with Gasteiger partial charge in [0.05, 0.1) is 4.99 Å². The first-order chi connectivity index (χ1) is 7.29. The number of thiocarbonyl (C=S) groups is 1. The van der Waals surface area contributed by atoms with Crippen molar-refractivity contribution in [2.75, 3.05) is 0 Å². The average Bonchev–Trinajstić information content (AvgIpc) is 2.15. The Balaban J connectivity index is 2.42. The summed E-state index contributed by atoms with van der Waals surface area (Å²) < 4.78 is 5.37. The van der Waals surface area contributed by atoms with E-state index >= 15 is 0 Å². The standard InChI is InChI=1S/C11H20BNO2S/c1-11(2,3)15-10(14)12-6-4-8(5-7-12)9(13)16/h8H,4-7H2,1-3H3,(H2,13,16). The molecule has 0 atom stereocenters. The summed E-state index contributed by atoms with van der Waals surface area (Å²) in [5.74, 6) is 0.238. The Morgan fingerprint density at radius 1 is 1.38 bits per heavy atom. The molecule has 0 aromatic rings.